The molecule has 0 radical (unpaired) electrons. The predicted molar refractivity (Wildman–Crippen MR) is 71.6 cm³/mol. The molecule has 4 heteroatoms. The second-order valence-electron chi connectivity index (χ2n) is 3.98. The van der Waals surface area contributed by atoms with Gasteiger partial charge in [0.15, 0.2) is 0 Å². The van der Waals surface area contributed by atoms with Crippen molar-refractivity contribution in [2.24, 2.45) is 0 Å². The molecule has 0 N–H and O–H groups in total. The number of carbonyl (C=O) groups excluding carboxylic acids is 1. The number of nitrogens with zero attached hydrogens (tertiary/aromatic N) is 1. The van der Waals surface area contributed by atoms with Crippen LogP contribution in [0, 0.1) is 0 Å². The summed E-state index contributed by atoms with van der Waals surface area (Å²) in [6.45, 7) is 2.92. The topological polar surface area (TPSA) is 29.5 Å². The summed E-state index contributed by atoms with van der Waals surface area (Å²) in [5, 5.41) is 0. The molecule has 1 atom stereocenters. The normalized spacial score (nSPS) is 11.8. The van der Waals surface area contributed by atoms with Crippen LogP contribution >= 0.6 is 12.4 Å². The molecule has 1 rings (SSSR count). The standard InChI is InChI=1S/C13H19NO2.ClH/c1-4-16-13(15)12(10-14(2)3)11-8-6-5-7-9-11;/h5-9,12H,4,10H2,1-3H3;1H. The lowest BCUT2D eigenvalue weighted by atomic mass is 9.99. The third-order valence-corrected chi connectivity index (χ3v) is 2.32. The Labute approximate surface area is 109 Å². The number of likely N-dealkylation sites (N-methyl/N-ethyl adjacent to an activating group) is 1. The number of hydrogen-bond acceptors (Lipinski definition) is 3. The Kier molecular flexibility index (Phi) is 7.59. The van der Waals surface area contributed by atoms with Gasteiger partial charge in [-0.3, -0.25) is 4.79 Å². The second kappa shape index (κ2) is 8.09. The van der Waals surface area contributed by atoms with Crippen LogP contribution < -0.4 is 0 Å². The molecule has 1 unspecified atom stereocenters. The van der Waals surface area contributed by atoms with Gasteiger partial charge in [0.05, 0.1) is 12.5 Å². The molecular weight excluding hydrogens is 238 g/mol. The SMILES string of the molecule is CCOC(=O)C(CN(C)C)c1ccccc1.Cl. The van der Waals surface area contributed by atoms with Crippen LogP contribution in [0.2, 0.25) is 0 Å². The first-order valence-corrected chi connectivity index (χ1v) is 5.51. The molecule has 0 spiro atoms. The first-order chi connectivity index (χ1) is 7.65. The minimum absolute atomic E-state index is 0. The Morgan fingerprint density at radius 2 is 1.88 bits per heavy atom. The summed E-state index contributed by atoms with van der Waals surface area (Å²) in [7, 11) is 3.91. The third-order valence-electron chi connectivity index (χ3n) is 2.32. The molecule has 0 amide bonds. The maximum atomic E-state index is 11.8. The predicted octanol–water partition coefficient (Wildman–Crippen LogP) is 2.32. The molecule has 1 aromatic rings. The van der Waals surface area contributed by atoms with Crippen molar-refractivity contribution in [1.82, 2.24) is 4.90 Å². The van der Waals surface area contributed by atoms with Crippen LogP contribution in [0.5, 0.6) is 0 Å². The number of rotatable bonds is 5. The van der Waals surface area contributed by atoms with E-state index >= 15 is 0 Å². The summed E-state index contributed by atoms with van der Waals surface area (Å²) in [5.74, 6) is -0.349. The molecule has 0 aliphatic carbocycles. The van der Waals surface area contributed by atoms with Crippen molar-refractivity contribution < 1.29 is 9.53 Å². The van der Waals surface area contributed by atoms with Gasteiger partial charge in [-0.1, -0.05) is 30.3 Å². The molecule has 3 nitrogen and oxygen atoms in total. The summed E-state index contributed by atoms with van der Waals surface area (Å²) in [5.41, 5.74) is 1.01. The molecule has 0 bridgehead atoms. The van der Waals surface area contributed by atoms with Gasteiger partial charge in [0.2, 0.25) is 0 Å². The maximum Gasteiger partial charge on any atom is 0.314 e. The van der Waals surface area contributed by atoms with Gasteiger partial charge in [-0.15, -0.1) is 12.4 Å². The summed E-state index contributed by atoms with van der Waals surface area (Å²) in [6, 6.07) is 9.76. The first kappa shape index (κ1) is 15.9. The van der Waals surface area contributed by atoms with E-state index in [1.165, 1.54) is 0 Å². The Hall–Kier alpha value is -1.06. The van der Waals surface area contributed by atoms with E-state index < -0.39 is 0 Å². The Morgan fingerprint density at radius 1 is 1.29 bits per heavy atom. The van der Waals surface area contributed by atoms with Gasteiger partial charge in [-0.05, 0) is 26.6 Å². The molecule has 96 valence electrons. The summed E-state index contributed by atoms with van der Waals surface area (Å²) >= 11 is 0. The Bertz CT molecular complexity index is 327. The fourth-order valence-electron chi connectivity index (χ4n) is 1.61. The van der Waals surface area contributed by atoms with Gasteiger partial charge in [-0.2, -0.15) is 0 Å². The molecule has 0 aromatic heterocycles. The number of esters is 1. The molecule has 1 aromatic carbocycles. The zero-order valence-electron chi connectivity index (χ0n) is 10.6. The number of carbonyl (C=O) groups is 1. The van der Waals surface area contributed by atoms with Gasteiger partial charge < -0.3 is 9.64 Å². The first-order valence-electron chi connectivity index (χ1n) is 5.51. The van der Waals surface area contributed by atoms with Crippen LogP contribution in [0.1, 0.15) is 18.4 Å². The molecule has 0 heterocycles. The molecule has 0 aliphatic heterocycles. The van der Waals surface area contributed by atoms with E-state index in [9.17, 15) is 4.79 Å². The van der Waals surface area contributed by atoms with Crippen LogP contribution in [0.25, 0.3) is 0 Å². The highest BCUT2D eigenvalue weighted by molar-refractivity contribution is 5.85. The number of ether oxygens (including phenoxy) is 1. The average Bonchev–Trinajstić information content (AvgIpc) is 2.27. The van der Waals surface area contributed by atoms with Crippen LogP contribution in [-0.4, -0.2) is 38.1 Å². The van der Waals surface area contributed by atoms with Crippen molar-refractivity contribution in [3.8, 4) is 0 Å². The van der Waals surface area contributed by atoms with Gasteiger partial charge in [0.1, 0.15) is 0 Å². The molecule has 0 saturated heterocycles. The number of benzene rings is 1. The van der Waals surface area contributed by atoms with E-state index in [0.29, 0.717) is 13.2 Å². The number of halogens is 1. The lowest BCUT2D eigenvalue weighted by Crippen LogP contribution is -2.27. The van der Waals surface area contributed by atoms with E-state index in [4.69, 9.17) is 4.74 Å². The van der Waals surface area contributed by atoms with Crippen molar-refractivity contribution in [3.05, 3.63) is 35.9 Å². The summed E-state index contributed by atoms with van der Waals surface area (Å²) in [4.78, 5) is 13.8. The minimum Gasteiger partial charge on any atom is -0.465 e. The highest BCUT2D eigenvalue weighted by Gasteiger charge is 2.22. The van der Waals surface area contributed by atoms with Gasteiger partial charge in [0.25, 0.3) is 0 Å². The van der Waals surface area contributed by atoms with Crippen LogP contribution in [-0.2, 0) is 9.53 Å². The minimum atomic E-state index is -0.198. The van der Waals surface area contributed by atoms with Crippen LogP contribution in [0.3, 0.4) is 0 Å². The Morgan fingerprint density at radius 3 is 2.35 bits per heavy atom. The third kappa shape index (κ3) is 5.20. The second-order valence-corrected chi connectivity index (χ2v) is 3.98. The van der Waals surface area contributed by atoms with E-state index in [0.717, 1.165) is 5.56 Å². The molecule has 0 aliphatic rings. The van der Waals surface area contributed by atoms with Gasteiger partial charge in [0, 0.05) is 6.54 Å². The highest BCUT2D eigenvalue weighted by Crippen LogP contribution is 2.17. The smallest absolute Gasteiger partial charge is 0.314 e. The number of hydrogen-bond donors (Lipinski definition) is 0. The van der Waals surface area contributed by atoms with Crippen molar-refractivity contribution >= 4 is 18.4 Å². The highest BCUT2D eigenvalue weighted by atomic mass is 35.5. The van der Waals surface area contributed by atoms with E-state index in [1.807, 2.05) is 56.3 Å². The summed E-state index contributed by atoms with van der Waals surface area (Å²) < 4.78 is 5.09. The van der Waals surface area contributed by atoms with Crippen molar-refractivity contribution in [2.45, 2.75) is 12.8 Å². The van der Waals surface area contributed by atoms with Crippen molar-refractivity contribution in [2.75, 3.05) is 27.2 Å². The fourth-order valence-corrected chi connectivity index (χ4v) is 1.61. The zero-order valence-corrected chi connectivity index (χ0v) is 11.4. The van der Waals surface area contributed by atoms with Crippen LogP contribution in [0.4, 0.5) is 0 Å². The zero-order chi connectivity index (χ0) is 12.0. The maximum absolute atomic E-state index is 11.8. The van der Waals surface area contributed by atoms with Crippen molar-refractivity contribution in [1.29, 1.82) is 0 Å². The average molecular weight is 258 g/mol. The largest absolute Gasteiger partial charge is 0.465 e. The molecule has 17 heavy (non-hydrogen) atoms. The lowest BCUT2D eigenvalue weighted by molar-refractivity contribution is -0.145. The van der Waals surface area contributed by atoms with E-state index in [2.05, 4.69) is 0 Å². The quantitative estimate of drug-likeness (QED) is 0.759. The Balaban J connectivity index is 0.00000256. The monoisotopic (exact) mass is 257 g/mol. The molecular formula is C13H20ClNO2. The lowest BCUT2D eigenvalue weighted by Gasteiger charge is -2.19. The van der Waals surface area contributed by atoms with Crippen molar-refractivity contribution in [3.63, 3.8) is 0 Å². The molecule has 0 saturated carbocycles. The van der Waals surface area contributed by atoms with E-state index in [-0.39, 0.29) is 24.3 Å². The van der Waals surface area contributed by atoms with Gasteiger partial charge >= 0.3 is 5.97 Å². The summed E-state index contributed by atoms with van der Waals surface area (Å²) in [6.07, 6.45) is 0. The van der Waals surface area contributed by atoms with Crippen LogP contribution in [0.15, 0.2) is 30.3 Å². The molecule has 0 fully saturated rings. The van der Waals surface area contributed by atoms with E-state index in [1.54, 1.807) is 0 Å². The fraction of sp³-hybridized carbons (Fsp3) is 0.462. The van der Waals surface area contributed by atoms with Gasteiger partial charge in [-0.25, -0.2) is 0 Å².